The lowest BCUT2D eigenvalue weighted by Crippen LogP contribution is -2.51. The zero-order valence-corrected chi connectivity index (χ0v) is 24.2. The molecule has 1 fully saturated rings. The zero-order valence-electron chi connectivity index (χ0n) is 23.4. The van der Waals surface area contributed by atoms with E-state index in [1.54, 1.807) is 19.9 Å². The van der Waals surface area contributed by atoms with E-state index in [2.05, 4.69) is 17.2 Å². The third kappa shape index (κ3) is 7.68. The average molecular weight is 546 g/mol. The number of nitrogens with one attached hydrogen (secondary N) is 1. The number of pyridine rings is 1. The van der Waals surface area contributed by atoms with E-state index in [0.29, 0.717) is 42.9 Å². The van der Waals surface area contributed by atoms with Crippen molar-refractivity contribution in [1.82, 2.24) is 10.3 Å². The molecule has 1 aromatic carbocycles. The standard InChI is InChI=1S/C28H43N5O4S/c1-7-37-18-24(29)25(14-21-11-9-8-10-12-21)30-28(34)22-15-26(32(5)17-23-13-20(23)4)31-27(16-22)33(6)38(35,36)19(2)3/h8-12,15-16,19-20,23-25H,7,13-14,17-18,29H2,1-6H3,(H,30,34)/t20-,23+,24-,25-/m0/s1. The number of sulfonamides is 1. The van der Waals surface area contributed by atoms with Gasteiger partial charge < -0.3 is 20.7 Å². The van der Waals surface area contributed by atoms with Gasteiger partial charge in [-0.25, -0.2) is 13.4 Å². The molecule has 1 aliphatic rings. The number of nitrogens with two attached hydrogens (primary N) is 1. The number of amides is 1. The summed E-state index contributed by atoms with van der Waals surface area (Å²) in [5.41, 5.74) is 7.82. The molecule has 0 radical (unpaired) electrons. The number of rotatable bonds is 14. The maximum atomic E-state index is 13.6. The minimum absolute atomic E-state index is 0.204. The molecule has 9 nitrogen and oxygen atoms in total. The molecule has 0 bridgehead atoms. The molecule has 1 saturated carbocycles. The van der Waals surface area contributed by atoms with Crippen molar-refractivity contribution in [2.75, 3.05) is 43.1 Å². The third-order valence-corrected chi connectivity index (χ3v) is 9.32. The normalized spacial score (nSPS) is 18.6. The minimum atomic E-state index is -3.64. The first kappa shape index (κ1) is 29.9. The first-order valence-electron chi connectivity index (χ1n) is 13.3. The highest BCUT2D eigenvalue weighted by atomic mass is 32.2. The summed E-state index contributed by atoms with van der Waals surface area (Å²) in [6.07, 6.45) is 1.69. The molecule has 210 valence electrons. The molecule has 0 aliphatic heterocycles. The molecule has 4 atom stereocenters. The molecule has 38 heavy (non-hydrogen) atoms. The summed E-state index contributed by atoms with van der Waals surface area (Å²) in [5.74, 6) is 1.63. The van der Waals surface area contributed by atoms with Gasteiger partial charge >= 0.3 is 0 Å². The van der Waals surface area contributed by atoms with Crippen LogP contribution in [-0.4, -0.2) is 70.5 Å². The van der Waals surface area contributed by atoms with Gasteiger partial charge in [-0.2, -0.15) is 0 Å². The smallest absolute Gasteiger partial charge is 0.251 e. The number of aromatic nitrogens is 1. The van der Waals surface area contributed by atoms with Crippen molar-refractivity contribution in [1.29, 1.82) is 0 Å². The quantitative estimate of drug-likeness (QED) is 0.375. The lowest BCUT2D eigenvalue weighted by Gasteiger charge is -2.27. The highest BCUT2D eigenvalue weighted by Crippen LogP contribution is 2.38. The highest BCUT2D eigenvalue weighted by Gasteiger charge is 2.34. The van der Waals surface area contributed by atoms with Gasteiger partial charge in [-0.3, -0.25) is 9.10 Å². The fourth-order valence-corrected chi connectivity index (χ4v) is 5.32. The maximum absolute atomic E-state index is 13.6. The summed E-state index contributed by atoms with van der Waals surface area (Å²) >= 11 is 0. The Morgan fingerprint density at radius 2 is 1.82 bits per heavy atom. The summed E-state index contributed by atoms with van der Waals surface area (Å²) < 4.78 is 32.6. The van der Waals surface area contributed by atoms with Gasteiger partial charge in [-0.1, -0.05) is 37.3 Å². The minimum Gasteiger partial charge on any atom is -0.380 e. The summed E-state index contributed by atoms with van der Waals surface area (Å²) in [6.45, 7) is 8.98. The van der Waals surface area contributed by atoms with E-state index >= 15 is 0 Å². The second-order valence-corrected chi connectivity index (χ2v) is 13.1. The van der Waals surface area contributed by atoms with Gasteiger partial charge in [-0.15, -0.1) is 0 Å². The van der Waals surface area contributed by atoms with E-state index < -0.39 is 27.4 Å². The molecule has 3 N–H and O–H groups in total. The van der Waals surface area contributed by atoms with Crippen LogP contribution in [-0.2, 0) is 21.2 Å². The Labute approximate surface area is 227 Å². The fourth-order valence-electron chi connectivity index (χ4n) is 4.33. The number of ether oxygens (including phenoxy) is 1. The van der Waals surface area contributed by atoms with E-state index in [0.717, 1.165) is 22.8 Å². The summed E-state index contributed by atoms with van der Waals surface area (Å²) in [7, 11) is -0.241. The Morgan fingerprint density at radius 3 is 2.39 bits per heavy atom. The number of benzene rings is 1. The molecule has 1 aliphatic carbocycles. The van der Waals surface area contributed by atoms with Crippen LogP contribution in [0.2, 0.25) is 0 Å². The molecular weight excluding hydrogens is 502 g/mol. The molecule has 1 amide bonds. The number of hydrogen-bond acceptors (Lipinski definition) is 7. The van der Waals surface area contributed by atoms with E-state index in [1.807, 2.05) is 49.2 Å². The molecule has 2 aromatic rings. The summed E-state index contributed by atoms with van der Waals surface area (Å²) in [5, 5.41) is 2.45. The Morgan fingerprint density at radius 1 is 1.18 bits per heavy atom. The molecule has 1 heterocycles. The lowest BCUT2D eigenvalue weighted by molar-refractivity contribution is 0.0893. The first-order chi connectivity index (χ1) is 17.9. The second-order valence-electron chi connectivity index (χ2n) is 10.6. The van der Waals surface area contributed by atoms with E-state index in [4.69, 9.17) is 10.5 Å². The molecular formula is C28H43N5O4S. The summed E-state index contributed by atoms with van der Waals surface area (Å²) in [4.78, 5) is 20.3. The predicted molar refractivity (Wildman–Crippen MR) is 153 cm³/mol. The molecule has 1 aromatic heterocycles. The molecule has 0 saturated heterocycles. The number of hydrogen-bond donors (Lipinski definition) is 2. The van der Waals surface area contributed by atoms with Crippen molar-refractivity contribution < 1.29 is 17.9 Å². The molecule has 3 rings (SSSR count). The molecule has 10 heteroatoms. The Balaban J connectivity index is 1.93. The van der Waals surface area contributed by atoms with Crippen LogP contribution in [0.5, 0.6) is 0 Å². The van der Waals surface area contributed by atoms with Gasteiger partial charge in [-0.05, 0) is 63.1 Å². The molecule has 0 spiro atoms. The summed E-state index contributed by atoms with van der Waals surface area (Å²) in [6, 6.07) is 12.3. The van der Waals surface area contributed by atoms with Crippen molar-refractivity contribution in [3.8, 4) is 0 Å². The maximum Gasteiger partial charge on any atom is 0.251 e. The van der Waals surface area contributed by atoms with Gasteiger partial charge in [0, 0.05) is 38.9 Å². The van der Waals surface area contributed by atoms with Gasteiger partial charge in [0.25, 0.3) is 5.91 Å². The van der Waals surface area contributed by atoms with Gasteiger partial charge in [0.1, 0.15) is 11.6 Å². The van der Waals surface area contributed by atoms with Gasteiger partial charge in [0.15, 0.2) is 0 Å². The van der Waals surface area contributed by atoms with Crippen LogP contribution in [0.4, 0.5) is 11.6 Å². The van der Waals surface area contributed by atoms with Gasteiger partial charge in [0.2, 0.25) is 10.0 Å². The first-order valence-corrected chi connectivity index (χ1v) is 14.8. The molecule has 0 unspecified atom stereocenters. The van der Waals surface area contributed by atoms with Crippen LogP contribution >= 0.6 is 0 Å². The van der Waals surface area contributed by atoms with Gasteiger partial charge in [0.05, 0.1) is 17.9 Å². The zero-order chi connectivity index (χ0) is 28.0. The van der Waals surface area contributed by atoms with Crippen molar-refractivity contribution in [3.63, 3.8) is 0 Å². The van der Waals surface area contributed by atoms with Crippen molar-refractivity contribution in [2.45, 2.75) is 57.9 Å². The van der Waals surface area contributed by atoms with Crippen molar-refractivity contribution in [2.24, 2.45) is 17.6 Å². The van der Waals surface area contributed by atoms with E-state index in [9.17, 15) is 13.2 Å². The number of carbonyl (C=O) groups excluding carboxylic acids is 1. The average Bonchev–Trinajstić information content (AvgIpc) is 3.60. The second kappa shape index (κ2) is 12.9. The van der Waals surface area contributed by atoms with E-state index in [-0.39, 0.29) is 11.7 Å². The number of anilines is 2. The van der Waals surface area contributed by atoms with E-state index in [1.165, 1.54) is 13.1 Å². The van der Waals surface area contributed by atoms with Crippen LogP contribution in [0.15, 0.2) is 42.5 Å². The predicted octanol–water partition coefficient (Wildman–Crippen LogP) is 3.05. The van der Waals surface area contributed by atoms with Crippen molar-refractivity contribution in [3.05, 3.63) is 53.6 Å². The van der Waals surface area contributed by atoms with Crippen LogP contribution in [0, 0.1) is 11.8 Å². The third-order valence-electron chi connectivity index (χ3n) is 7.18. The topological polar surface area (TPSA) is 118 Å². The fraction of sp³-hybridized carbons (Fsp3) is 0.571. The largest absolute Gasteiger partial charge is 0.380 e. The number of nitrogens with zero attached hydrogens (tertiary/aromatic N) is 3. The SMILES string of the molecule is CCOC[C@H](N)[C@H](Cc1ccccc1)NC(=O)c1cc(N(C)C[C@H]2C[C@@H]2C)nc(N(C)S(=O)(=O)C(C)C)c1. The van der Waals surface area contributed by atoms with Crippen LogP contribution in [0.3, 0.4) is 0 Å². The Kier molecular flexibility index (Phi) is 10.1. The Bertz CT molecular complexity index is 1180. The van der Waals surface area contributed by atoms with Crippen LogP contribution in [0.1, 0.15) is 50.0 Å². The van der Waals surface area contributed by atoms with Crippen LogP contribution < -0.4 is 20.3 Å². The monoisotopic (exact) mass is 545 g/mol. The highest BCUT2D eigenvalue weighted by molar-refractivity contribution is 7.93. The Hall–Kier alpha value is -2.69. The lowest BCUT2D eigenvalue weighted by atomic mass is 9.99. The van der Waals surface area contributed by atoms with Crippen molar-refractivity contribution >= 4 is 27.6 Å². The van der Waals surface area contributed by atoms with Crippen LogP contribution in [0.25, 0.3) is 0 Å². The number of carbonyl (C=O) groups is 1.